The third-order valence-corrected chi connectivity index (χ3v) is 6.50. The van der Waals surface area contributed by atoms with Gasteiger partial charge in [-0.2, -0.15) is 0 Å². The smallest absolute Gasteiger partial charge is 0.255 e. The normalized spacial score (nSPS) is 19.4. The van der Waals surface area contributed by atoms with Gasteiger partial charge < -0.3 is 9.47 Å². The number of para-hydroxylation sites is 1. The van der Waals surface area contributed by atoms with Gasteiger partial charge in [0.25, 0.3) is 5.91 Å². The van der Waals surface area contributed by atoms with E-state index in [0.717, 1.165) is 17.1 Å². The van der Waals surface area contributed by atoms with Crippen LogP contribution in [0.4, 0.5) is 0 Å². The first-order valence-corrected chi connectivity index (χ1v) is 9.84. The van der Waals surface area contributed by atoms with E-state index < -0.39 is 9.84 Å². The number of carbonyl (C=O) groups excluding carboxylic acids is 1. The molecule has 5 nitrogen and oxygen atoms in total. The number of rotatable bonds is 3. The number of sulfone groups is 1. The molecule has 128 valence electrons. The van der Waals surface area contributed by atoms with E-state index in [4.69, 9.17) is 0 Å². The molecule has 0 spiro atoms. The summed E-state index contributed by atoms with van der Waals surface area (Å²) < 4.78 is 25.4. The molecule has 1 aliphatic heterocycles. The second-order valence-electron chi connectivity index (χ2n) is 6.43. The molecule has 1 aromatic carbocycles. The predicted molar refractivity (Wildman–Crippen MR) is 94.4 cm³/mol. The van der Waals surface area contributed by atoms with E-state index in [-0.39, 0.29) is 23.5 Å². The Morgan fingerprint density at radius 2 is 1.88 bits per heavy atom. The third kappa shape index (κ3) is 2.98. The van der Waals surface area contributed by atoms with Gasteiger partial charge in [0.05, 0.1) is 17.1 Å². The first-order valence-electron chi connectivity index (χ1n) is 8.02. The Kier molecular flexibility index (Phi) is 4.25. The highest BCUT2D eigenvalue weighted by Gasteiger charge is 2.34. The van der Waals surface area contributed by atoms with Crippen LogP contribution in [-0.2, 0) is 9.84 Å². The van der Waals surface area contributed by atoms with Gasteiger partial charge in [-0.05, 0) is 38.5 Å². The van der Waals surface area contributed by atoms with Gasteiger partial charge in [0.1, 0.15) is 0 Å². The summed E-state index contributed by atoms with van der Waals surface area (Å²) in [6.07, 6.45) is 0.516. The second-order valence-corrected chi connectivity index (χ2v) is 8.66. The van der Waals surface area contributed by atoms with Crippen molar-refractivity contribution in [3.63, 3.8) is 0 Å². The van der Waals surface area contributed by atoms with Gasteiger partial charge in [0.2, 0.25) is 0 Å². The first-order chi connectivity index (χ1) is 11.3. The van der Waals surface area contributed by atoms with Crippen molar-refractivity contribution < 1.29 is 13.2 Å². The van der Waals surface area contributed by atoms with Crippen molar-refractivity contribution in [1.82, 2.24) is 9.47 Å². The maximum Gasteiger partial charge on any atom is 0.255 e. The van der Waals surface area contributed by atoms with Crippen molar-refractivity contribution in [1.29, 1.82) is 0 Å². The highest BCUT2D eigenvalue weighted by atomic mass is 32.2. The topological polar surface area (TPSA) is 59.4 Å². The van der Waals surface area contributed by atoms with E-state index in [1.165, 1.54) is 0 Å². The average Bonchev–Trinajstić information content (AvgIpc) is 3.06. The maximum absolute atomic E-state index is 12.9. The molecule has 1 amide bonds. The first kappa shape index (κ1) is 16.8. The second kappa shape index (κ2) is 6.09. The third-order valence-electron chi connectivity index (χ3n) is 4.75. The van der Waals surface area contributed by atoms with Gasteiger partial charge in [-0.3, -0.25) is 4.79 Å². The Bertz CT molecular complexity index is 869. The van der Waals surface area contributed by atoms with E-state index in [9.17, 15) is 13.2 Å². The lowest BCUT2D eigenvalue weighted by atomic mass is 10.1. The van der Waals surface area contributed by atoms with Crippen LogP contribution in [0.5, 0.6) is 0 Å². The summed E-state index contributed by atoms with van der Waals surface area (Å²) >= 11 is 0. The van der Waals surface area contributed by atoms with Gasteiger partial charge in [-0.15, -0.1) is 0 Å². The zero-order valence-electron chi connectivity index (χ0n) is 14.2. The molecule has 0 unspecified atom stereocenters. The monoisotopic (exact) mass is 346 g/mol. The number of aromatic nitrogens is 1. The summed E-state index contributed by atoms with van der Waals surface area (Å²) in [5, 5.41) is 0. The van der Waals surface area contributed by atoms with Crippen molar-refractivity contribution in [3.8, 4) is 5.69 Å². The molecule has 0 saturated carbocycles. The largest absolute Gasteiger partial charge is 0.338 e. The molecule has 1 fully saturated rings. The van der Waals surface area contributed by atoms with Crippen molar-refractivity contribution in [3.05, 3.63) is 53.3 Å². The average molecular weight is 346 g/mol. The number of aryl methyl sites for hydroxylation is 1. The fourth-order valence-corrected chi connectivity index (χ4v) is 5.16. The van der Waals surface area contributed by atoms with E-state index in [1.54, 1.807) is 11.9 Å². The molecule has 3 rings (SSSR count). The fourth-order valence-electron chi connectivity index (χ4n) is 3.39. The highest BCUT2D eigenvalue weighted by Crippen LogP contribution is 2.24. The fraction of sp³-hybridized carbons (Fsp3) is 0.389. The zero-order valence-corrected chi connectivity index (χ0v) is 15.0. The Labute approximate surface area is 142 Å². The quantitative estimate of drug-likeness (QED) is 0.857. The summed E-state index contributed by atoms with van der Waals surface area (Å²) in [5.41, 5.74) is 3.49. The van der Waals surface area contributed by atoms with Gasteiger partial charge >= 0.3 is 0 Å². The molecule has 0 N–H and O–H groups in total. The minimum atomic E-state index is -3.01. The zero-order chi connectivity index (χ0) is 17.5. The Hall–Kier alpha value is -2.08. The lowest BCUT2D eigenvalue weighted by Crippen LogP contribution is -2.38. The van der Waals surface area contributed by atoms with Crippen LogP contribution in [0, 0.1) is 13.8 Å². The standard InChI is InChI=1S/C18H22N2O3S/c1-13-11-17(14(2)20(13)15-7-5-4-6-8-15)18(21)19(3)16-9-10-24(22,23)12-16/h4-8,11,16H,9-10,12H2,1-3H3/t16-/m0/s1. The molecule has 0 radical (unpaired) electrons. The molecular weight excluding hydrogens is 324 g/mol. The molecule has 2 aromatic rings. The Morgan fingerprint density at radius 1 is 1.21 bits per heavy atom. The summed E-state index contributed by atoms with van der Waals surface area (Å²) in [6.45, 7) is 3.89. The van der Waals surface area contributed by atoms with Gasteiger partial charge in [-0.25, -0.2) is 8.42 Å². The van der Waals surface area contributed by atoms with Gasteiger partial charge in [-0.1, -0.05) is 18.2 Å². The van der Waals surface area contributed by atoms with Crippen LogP contribution in [0.1, 0.15) is 28.2 Å². The van der Waals surface area contributed by atoms with E-state index in [2.05, 4.69) is 0 Å². The number of nitrogens with zero attached hydrogens (tertiary/aromatic N) is 2. The van der Waals surface area contributed by atoms with Gasteiger partial charge in [0, 0.05) is 30.2 Å². The number of hydrogen-bond acceptors (Lipinski definition) is 3. The summed E-state index contributed by atoms with van der Waals surface area (Å²) in [7, 11) is -1.31. The minimum Gasteiger partial charge on any atom is -0.338 e. The van der Waals surface area contributed by atoms with Crippen molar-refractivity contribution in [2.24, 2.45) is 0 Å². The summed E-state index contributed by atoms with van der Waals surface area (Å²) in [5.74, 6) is 0.109. The lowest BCUT2D eigenvalue weighted by molar-refractivity contribution is 0.0747. The number of amides is 1. The van der Waals surface area contributed by atoms with Crippen LogP contribution in [-0.4, -0.2) is 48.4 Å². The van der Waals surface area contributed by atoms with Crippen LogP contribution in [0.25, 0.3) is 5.69 Å². The molecular formula is C18H22N2O3S. The van der Waals surface area contributed by atoms with E-state index >= 15 is 0 Å². The minimum absolute atomic E-state index is 0.0622. The molecule has 1 aliphatic rings. The SMILES string of the molecule is Cc1cc(C(=O)N(C)[C@H]2CCS(=O)(=O)C2)c(C)n1-c1ccccc1. The summed E-state index contributed by atoms with van der Waals surface area (Å²) in [4.78, 5) is 14.5. The van der Waals surface area contributed by atoms with Crippen LogP contribution in [0.3, 0.4) is 0 Å². The highest BCUT2D eigenvalue weighted by molar-refractivity contribution is 7.91. The number of hydrogen-bond donors (Lipinski definition) is 0. The Balaban J connectivity index is 1.92. The van der Waals surface area contributed by atoms with Crippen LogP contribution in [0.15, 0.2) is 36.4 Å². The van der Waals surface area contributed by atoms with Crippen LogP contribution < -0.4 is 0 Å². The predicted octanol–water partition coefficient (Wildman–Crippen LogP) is 2.35. The molecule has 6 heteroatoms. The molecule has 0 bridgehead atoms. The molecule has 24 heavy (non-hydrogen) atoms. The van der Waals surface area contributed by atoms with E-state index in [0.29, 0.717) is 12.0 Å². The molecule has 0 aliphatic carbocycles. The molecule has 1 saturated heterocycles. The van der Waals surface area contributed by atoms with Crippen LogP contribution >= 0.6 is 0 Å². The van der Waals surface area contributed by atoms with Gasteiger partial charge in [0.15, 0.2) is 9.84 Å². The van der Waals surface area contributed by atoms with Crippen molar-refractivity contribution in [2.75, 3.05) is 18.6 Å². The van der Waals surface area contributed by atoms with Crippen molar-refractivity contribution in [2.45, 2.75) is 26.3 Å². The van der Waals surface area contributed by atoms with Crippen molar-refractivity contribution >= 4 is 15.7 Å². The van der Waals surface area contributed by atoms with Crippen LogP contribution in [0.2, 0.25) is 0 Å². The maximum atomic E-state index is 12.9. The molecule has 1 atom stereocenters. The number of carbonyl (C=O) groups is 1. The molecule has 2 heterocycles. The number of benzene rings is 1. The summed E-state index contributed by atoms with van der Waals surface area (Å²) in [6, 6.07) is 11.5. The lowest BCUT2D eigenvalue weighted by Gasteiger charge is -2.23. The Morgan fingerprint density at radius 3 is 2.46 bits per heavy atom. The van der Waals surface area contributed by atoms with E-state index in [1.807, 2.05) is 54.8 Å². The molecule has 1 aromatic heterocycles.